The molecule has 0 heterocycles. The smallest absolute Gasteiger partial charge is 0.227 e. The molecule has 1 amide bonds. The van der Waals surface area contributed by atoms with Gasteiger partial charge in [0.05, 0.1) is 19.6 Å². The second kappa shape index (κ2) is 6.79. The zero-order valence-corrected chi connectivity index (χ0v) is 11.0. The van der Waals surface area contributed by atoms with Crippen molar-refractivity contribution < 1.29 is 14.3 Å². The van der Waals surface area contributed by atoms with Crippen molar-refractivity contribution in [2.45, 2.75) is 32.7 Å². The summed E-state index contributed by atoms with van der Waals surface area (Å²) in [6.07, 6.45) is 0.711. The maximum absolute atomic E-state index is 11.6. The molecule has 0 spiro atoms. The summed E-state index contributed by atoms with van der Waals surface area (Å²) in [6, 6.07) is 7.48. The molecule has 98 valence electrons. The summed E-state index contributed by atoms with van der Waals surface area (Å²) in [6.45, 7) is 3.40. The molecule has 4 nitrogen and oxygen atoms in total. The fourth-order valence-corrected chi connectivity index (χ4v) is 1.73. The summed E-state index contributed by atoms with van der Waals surface area (Å²) in [5, 5.41) is 2.85. The molecule has 1 aromatic carbocycles. The Balaban J connectivity index is 2.70. The topological polar surface area (TPSA) is 55.4 Å². The molecule has 0 aliphatic rings. The molecule has 0 saturated carbocycles. The minimum absolute atomic E-state index is 0.0628. The number of ether oxygens (including phenoxy) is 1. The van der Waals surface area contributed by atoms with Gasteiger partial charge in [-0.25, -0.2) is 0 Å². The Morgan fingerprint density at radius 1 is 1.28 bits per heavy atom. The van der Waals surface area contributed by atoms with Crippen LogP contribution >= 0.6 is 0 Å². The molecule has 4 heteroatoms. The average molecular weight is 249 g/mol. The van der Waals surface area contributed by atoms with E-state index < -0.39 is 0 Å². The van der Waals surface area contributed by atoms with E-state index in [9.17, 15) is 9.59 Å². The van der Waals surface area contributed by atoms with E-state index in [0.29, 0.717) is 0 Å². The Hall–Kier alpha value is -1.84. The molecule has 0 bridgehead atoms. The number of hydrogen-bond acceptors (Lipinski definition) is 3. The van der Waals surface area contributed by atoms with E-state index >= 15 is 0 Å². The van der Waals surface area contributed by atoms with Crippen molar-refractivity contribution in [3.63, 3.8) is 0 Å². The summed E-state index contributed by atoms with van der Waals surface area (Å²) in [4.78, 5) is 22.4. The SMILES string of the molecule is CCC(NC(=O)CC(C)=O)c1ccc(OC)cc1. The summed E-state index contributed by atoms with van der Waals surface area (Å²) in [5.41, 5.74) is 1.01. The van der Waals surface area contributed by atoms with Crippen molar-refractivity contribution in [1.82, 2.24) is 5.32 Å². The summed E-state index contributed by atoms with van der Waals surface area (Å²) in [5.74, 6) is 0.422. The van der Waals surface area contributed by atoms with E-state index in [1.807, 2.05) is 31.2 Å². The quantitative estimate of drug-likeness (QED) is 0.787. The lowest BCUT2D eigenvalue weighted by atomic mass is 10.0. The summed E-state index contributed by atoms with van der Waals surface area (Å²) in [7, 11) is 1.61. The fourth-order valence-electron chi connectivity index (χ4n) is 1.73. The van der Waals surface area contributed by atoms with Crippen LogP contribution in [-0.2, 0) is 9.59 Å². The predicted octanol–water partition coefficient (Wildman–Crippen LogP) is 2.24. The van der Waals surface area contributed by atoms with Gasteiger partial charge in [0.1, 0.15) is 11.5 Å². The number of methoxy groups -OCH3 is 1. The Bertz CT molecular complexity index is 412. The first-order chi connectivity index (χ1) is 8.56. The lowest BCUT2D eigenvalue weighted by molar-refractivity contribution is -0.127. The first-order valence-corrected chi connectivity index (χ1v) is 5.99. The van der Waals surface area contributed by atoms with Gasteiger partial charge in [-0.2, -0.15) is 0 Å². The van der Waals surface area contributed by atoms with Gasteiger partial charge in [0, 0.05) is 0 Å². The first-order valence-electron chi connectivity index (χ1n) is 5.99. The molecule has 0 fully saturated rings. The van der Waals surface area contributed by atoms with Crippen LogP contribution in [0.2, 0.25) is 0 Å². The maximum Gasteiger partial charge on any atom is 0.227 e. The van der Waals surface area contributed by atoms with Crippen molar-refractivity contribution in [3.8, 4) is 5.75 Å². The van der Waals surface area contributed by atoms with Crippen molar-refractivity contribution >= 4 is 11.7 Å². The zero-order valence-electron chi connectivity index (χ0n) is 11.0. The molecule has 0 radical (unpaired) electrons. The molecule has 0 saturated heterocycles. The highest BCUT2D eigenvalue weighted by Gasteiger charge is 2.13. The third kappa shape index (κ3) is 4.20. The zero-order chi connectivity index (χ0) is 13.5. The first kappa shape index (κ1) is 14.2. The van der Waals surface area contributed by atoms with Gasteiger partial charge in [-0.15, -0.1) is 0 Å². The molecule has 0 aliphatic heterocycles. The number of ketones is 1. The van der Waals surface area contributed by atoms with Crippen molar-refractivity contribution in [2.75, 3.05) is 7.11 Å². The lowest BCUT2D eigenvalue weighted by Gasteiger charge is -2.17. The molecule has 1 N–H and O–H groups in total. The van der Waals surface area contributed by atoms with Gasteiger partial charge in [0.25, 0.3) is 0 Å². The minimum atomic E-state index is -0.231. The van der Waals surface area contributed by atoms with Crippen molar-refractivity contribution in [3.05, 3.63) is 29.8 Å². The van der Waals surface area contributed by atoms with Gasteiger partial charge in [-0.05, 0) is 31.0 Å². The van der Waals surface area contributed by atoms with E-state index in [-0.39, 0.29) is 24.2 Å². The van der Waals surface area contributed by atoms with Crippen LogP contribution in [0, 0.1) is 0 Å². The molecule has 18 heavy (non-hydrogen) atoms. The number of nitrogens with one attached hydrogen (secondary N) is 1. The second-order valence-corrected chi connectivity index (χ2v) is 4.18. The maximum atomic E-state index is 11.6. The van der Waals surface area contributed by atoms with E-state index in [2.05, 4.69) is 5.32 Å². The Kier molecular flexibility index (Phi) is 5.36. The molecular weight excluding hydrogens is 230 g/mol. The third-order valence-corrected chi connectivity index (χ3v) is 2.67. The largest absolute Gasteiger partial charge is 0.497 e. The molecule has 1 atom stereocenters. The van der Waals surface area contributed by atoms with Gasteiger partial charge >= 0.3 is 0 Å². The number of hydrogen-bond donors (Lipinski definition) is 1. The number of amides is 1. The molecule has 1 unspecified atom stereocenters. The van der Waals surface area contributed by atoms with Gasteiger partial charge in [0.2, 0.25) is 5.91 Å². The number of benzene rings is 1. The fraction of sp³-hybridized carbons (Fsp3) is 0.429. The Labute approximate surface area is 107 Å². The van der Waals surface area contributed by atoms with Crippen LogP contribution in [0.15, 0.2) is 24.3 Å². The van der Waals surface area contributed by atoms with Crippen LogP contribution in [0.5, 0.6) is 5.75 Å². The van der Waals surface area contributed by atoms with E-state index in [0.717, 1.165) is 17.7 Å². The summed E-state index contributed by atoms with van der Waals surface area (Å²) < 4.78 is 5.08. The van der Waals surface area contributed by atoms with Crippen LogP contribution in [0.1, 0.15) is 38.3 Å². The molecule has 1 rings (SSSR count). The van der Waals surface area contributed by atoms with E-state index in [1.54, 1.807) is 7.11 Å². The molecule has 0 aliphatic carbocycles. The second-order valence-electron chi connectivity index (χ2n) is 4.18. The van der Waals surface area contributed by atoms with Crippen LogP contribution < -0.4 is 10.1 Å². The Morgan fingerprint density at radius 3 is 2.33 bits per heavy atom. The van der Waals surface area contributed by atoms with Gasteiger partial charge in [-0.1, -0.05) is 19.1 Å². The summed E-state index contributed by atoms with van der Waals surface area (Å²) >= 11 is 0. The van der Waals surface area contributed by atoms with Gasteiger partial charge < -0.3 is 10.1 Å². The minimum Gasteiger partial charge on any atom is -0.497 e. The van der Waals surface area contributed by atoms with E-state index in [4.69, 9.17) is 4.74 Å². The van der Waals surface area contributed by atoms with Crippen LogP contribution in [0.25, 0.3) is 0 Å². The van der Waals surface area contributed by atoms with Crippen LogP contribution in [0.3, 0.4) is 0 Å². The third-order valence-electron chi connectivity index (χ3n) is 2.67. The van der Waals surface area contributed by atoms with Crippen LogP contribution in [0.4, 0.5) is 0 Å². The van der Waals surface area contributed by atoms with E-state index in [1.165, 1.54) is 6.92 Å². The average Bonchev–Trinajstić information content (AvgIpc) is 2.35. The van der Waals surface area contributed by atoms with Gasteiger partial charge in [-0.3, -0.25) is 9.59 Å². The monoisotopic (exact) mass is 249 g/mol. The number of carbonyl (C=O) groups excluding carboxylic acids is 2. The highest BCUT2D eigenvalue weighted by Crippen LogP contribution is 2.20. The van der Waals surface area contributed by atoms with Crippen molar-refractivity contribution in [2.24, 2.45) is 0 Å². The number of rotatable bonds is 6. The van der Waals surface area contributed by atoms with Crippen molar-refractivity contribution in [1.29, 1.82) is 0 Å². The highest BCUT2D eigenvalue weighted by atomic mass is 16.5. The molecule has 1 aromatic rings. The number of carbonyl (C=O) groups is 2. The lowest BCUT2D eigenvalue weighted by Crippen LogP contribution is -2.29. The normalized spacial score (nSPS) is 11.7. The molecule has 0 aromatic heterocycles. The Morgan fingerprint density at radius 2 is 1.89 bits per heavy atom. The predicted molar refractivity (Wildman–Crippen MR) is 69.5 cm³/mol. The van der Waals surface area contributed by atoms with Gasteiger partial charge in [0.15, 0.2) is 0 Å². The van der Waals surface area contributed by atoms with Crippen LogP contribution in [-0.4, -0.2) is 18.8 Å². The highest BCUT2D eigenvalue weighted by molar-refractivity contribution is 5.96. The standard InChI is InChI=1S/C14H19NO3/c1-4-13(15-14(17)9-10(2)16)11-5-7-12(18-3)8-6-11/h5-8,13H,4,9H2,1-3H3,(H,15,17). The number of Topliss-reactive ketones (excluding diaryl/α,β-unsaturated/α-hetero) is 1. The molecular formula is C14H19NO3.